The Hall–Kier alpha value is -1.14. The van der Waals surface area contributed by atoms with Crippen molar-refractivity contribution in [2.24, 2.45) is 5.73 Å². The van der Waals surface area contributed by atoms with Gasteiger partial charge in [0.05, 0.1) is 6.54 Å². The summed E-state index contributed by atoms with van der Waals surface area (Å²) in [6.45, 7) is 7.48. The van der Waals surface area contributed by atoms with E-state index in [4.69, 9.17) is 5.73 Å². The lowest BCUT2D eigenvalue weighted by molar-refractivity contribution is -0.121. The second-order valence-electron chi connectivity index (χ2n) is 5.87. The molecule has 18 heavy (non-hydrogen) atoms. The summed E-state index contributed by atoms with van der Waals surface area (Å²) in [4.78, 5) is 25.1. The Morgan fingerprint density at radius 2 is 1.83 bits per heavy atom. The zero-order valence-electron chi connectivity index (χ0n) is 11.5. The van der Waals surface area contributed by atoms with Crippen molar-refractivity contribution in [1.29, 1.82) is 0 Å². The molecular weight excluding hydrogens is 232 g/mol. The zero-order chi connectivity index (χ0) is 13.8. The average molecular weight is 256 g/mol. The maximum atomic E-state index is 11.6. The number of nitrogens with zero attached hydrogens (tertiary/aromatic N) is 1. The molecule has 0 saturated carbocycles. The zero-order valence-corrected chi connectivity index (χ0v) is 11.5. The molecule has 1 heterocycles. The van der Waals surface area contributed by atoms with Crippen LogP contribution >= 0.6 is 0 Å². The van der Waals surface area contributed by atoms with Crippen LogP contribution in [0, 0.1) is 0 Å². The quantitative estimate of drug-likeness (QED) is 0.650. The van der Waals surface area contributed by atoms with Crippen LogP contribution in [-0.4, -0.2) is 48.1 Å². The molecule has 6 nitrogen and oxygen atoms in total. The third kappa shape index (κ3) is 5.97. The molecule has 6 heteroatoms. The summed E-state index contributed by atoms with van der Waals surface area (Å²) in [5.74, 6) is -0.271. The molecule has 0 spiro atoms. The average Bonchev–Trinajstić information content (AvgIpc) is 2.18. The second kappa shape index (κ2) is 6.15. The Labute approximate surface area is 108 Å². The van der Waals surface area contributed by atoms with E-state index in [0.29, 0.717) is 0 Å². The SMILES string of the molecule is CC(C)(C)NC(=O)NC(=O)CN1CCC(N)CC1. The summed E-state index contributed by atoms with van der Waals surface area (Å²) in [6, 6.07) is -0.199. The molecule has 4 N–H and O–H groups in total. The van der Waals surface area contributed by atoms with Gasteiger partial charge in [0.15, 0.2) is 0 Å². The molecule has 3 amide bonds. The van der Waals surface area contributed by atoms with Gasteiger partial charge >= 0.3 is 6.03 Å². The van der Waals surface area contributed by atoms with Crippen LogP contribution < -0.4 is 16.4 Å². The molecule has 0 bridgehead atoms. The number of imide groups is 1. The van der Waals surface area contributed by atoms with E-state index < -0.39 is 6.03 Å². The maximum Gasteiger partial charge on any atom is 0.321 e. The number of likely N-dealkylation sites (tertiary alicyclic amines) is 1. The fraction of sp³-hybridized carbons (Fsp3) is 0.833. The van der Waals surface area contributed by atoms with Gasteiger partial charge < -0.3 is 11.1 Å². The van der Waals surface area contributed by atoms with Gasteiger partial charge in [-0.25, -0.2) is 4.79 Å². The van der Waals surface area contributed by atoms with Gasteiger partial charge in [-0.3, -0.25) is 15.0 Å². The molecule has 104 valence electrons. The van der Waals surface area contributed by atoms with Crippen LogP contribution in [0.1, 0.15) is 33.6 Å². The fourth-order valence-corrected chi connectivity index (χ4v) is 1.85. The molecular formula is C12H24N4O2. The summed E-state index contributed by atoms with van der Waals surface area (Å²) in [6.07, 6.45) is 1.81. The van der Waals surface area contributed by atoms with Crippen molar-refractivity contribution < 1.29 is 9.59 Å². The molecule has 0 aromatic carbocycles. The molecule has 0 atom stereocenters. The Bertz CT molecular complexity index is 304. The minimum atomic E-state index is -0.443. The molecule has 1 aliphatic heterocycles. The van der Waals surface area contributed by atoms with E-state index in [0.717, 1.165) is 25.9 Å². The first-order chi connectivity index (χ1) is 8.26. The van der Waals surface area contributed by atoms with Gasteiger partial charge in [-0.2, -0.15) is 0 Å². The van der Waals surface area contributed by atoms with Gasteiger partial charge in [-0.1, -0.05) is 0 Å². The number of rotatable bonds is 2. The first kappa shape index (κ1) is 14.9. The van der Waals surface area contributed by atoms with Crippen LogP contribution in [0.4, 0.5) is 4.79 Å². The first-order valence-electron chi connectivity index (χ1n) is 6.36. The predicted molar refractivity (Wildman–Crippen MR) is 70.1 cm³/mol. The third-order valence-corrected chi connectivity index (χ3v) is 2.74. The van der Waals surface area contributed by atoms with E-state index in [1.165, 1.54) is 0 Å². The van der Waals surface area contributed by atoms with Crippen molar-refractivity contribution in [1.82, 2.24) is 15.5 Å². The monoisotopic (exact) mass is 256 g/mol. The molecule has 0 aromatic rings. The summed E-state index contributed by atoms with van der Waals surface area (Å²) in [5.41, 5.74) is 5.44. The highest BCUT2D eigenvalue weighted by Crippen LogP contribution is 2.07. The molecule has 1 aliphatic rings. The van der Waals surface area contributed by atoms with E-state index in [1.54, 1.807) is 0 Å². The van der Waals surface area contributed by atoms with Crippen LogP contribution in [0.15, 0.2) is 0 Å². The second-order valence-corrected chi connectivity index (χ2v) is 5.87. The number of piperidine rings is 1. The summed E-state index contributed by atoms with van der Waals surface area (Å²) in [5, 5.41) is 5.02. The minimum absolute atomic E-state index is 0.244. The molecule has 0 radical (unpaired) electrons. The number of nitrogens with two attached hydrogens (primary N) is 1. The van der Waals surface area contributed by atoms with Crippen molar-refractivity contribution >= 4 is 11.9 Å². The van der Waals surface area contributed by atoms with Crippen LogP contribution in [0.5, 0.6) is 0 Å². The molecule has 0 unspecified atom stereocenters. The number of carbonyl (C=O) groups excluding carboxylic acids is 2. The third-order valence-electron chi connectivity index (χ3n) is 2.74. The van der Waals surface area contributed by atoms with E-state index in [1.807, 2.05) is 25.7 Å². The van der Waals surface area contributed by atoms with Crippen molar-refractivity contribution in [3.8, 4) is 0 Å². The molecule has 0 aliphatic carbocycles. The molecule has 0 aromatic heterocycles. The Morgan fingerprint density at radius 3 is 2.33 bits per heavy atom. The lowest BCUT2D eigenvalue weighted by Gasteiger charge is -2.29. The predicted octanol–water partition coefficient (Wildman–Crippen LogP) is 0.0338. The van der Waals surface area contributed by atoms with Crippen molar-refractivity contribution in [3.63, 3.8) is 0 Å². The number of amides is 3. The Balaban J connectivity index is 2.27. The summed E-state index contributed by atoms with van der Waals surface area (Å²) in [7, 11) is 0. The highest BCUT2D eigenvalue weighted by atomic mass is 16.2. The molecule has 1 fully saturated rings. The van der Waals surface area contributed by atoms with Gasteiger partial charge in [-0.15, -0.1) is 0 Å². The minimum Gasteiger partial charge on any atom is -0.333 e. The lowest BCUT2D eigenvalue weighted by Crippen LogP contribution is -2.51. The van der Waals surface area contributed by atoms with Crippen LogP contribution in [-0.2, 0) is 4.79 Å². The largest absolute Gasteiger partial charge is 0.333 e. The number of urea groups is 1. The first-order valence-corrected chi connectivity index (χ1v) is 6.36. The summed E-state index contributed by atoms with van der Waals surface area (Å²) < 4.78 is 0. The van der Waals surface area contributed by atoms with Crippen LogP contribution in [0.3, 0.4) is 0 Å². The molecule has 1 rings (SSSR count). The lowest BCUT2D eigenvalue weighted by atomic mass is 10.1. The van der Waals surface area contributed by atoms with E-state index in [-0.39, 0.29) is 24.0 Å². The Morgan fingerprint density at radius 1 is 1.28 bits per heavy atom. The number of carbonyl (C=O) groups is 2. The van der Waals surface area contributed by atoms with Crippen LogP contribution in [0.25, 0.3) is 0 Å². The van der Waals surface area contributed by atoms with E-state index >= 15 is 0 Å². The van der Waals surface area contributed by atoms with Gasteiger partial charge in [0, 0.05) is 24.7 Å². The van der Waals surface area contributed by atoms with Crippen molar-refractivity contribution in [2.45, 2.75) is 45.2 Å². The molecule has 1 saturated heterocycles. The topological polar surface area (TPSA) is 87.5 Å². The van der Waals surface area contributed by atoms with Crippen molar-refractivity contribution in [2.75, 3.05) is 19.6 Å². The fourth-order valence-electron chi connectivity index (χ4n) is 1.85. The van der Waals surface area contributed by atoms with E-state index in [2.05, 4.69) is 10.6 Å². The highest BCUT2D eigenvalue weighted by Gasteiger charge is 2.20. The highest BCUT2D eigenvalue weighted by molar-refractivity contribution is 5.95. The van der Waals surface area contributed by atoms with Gasteiger partial charge in [0.25, 0.3) is 0 Å². The smallest absolute Gasteiger partial charge is 0.321 e. The Kier molecular flexibility index (Phi) is 5.10. The van der Waals surface area contributed by atoms with Crippen LogP contribution in [0.2, 0.25) is 0 Å². The number of hydrogen-bond donors (Lipinski definition) is 3. The normalized spacial score (nSPS) is 18.4. The van der Waals surface area contributed by atoms with Gasteiger partial charge in [-0.05, 0) is 33.6 Å². The van der Waals surface area contributed by atoms with E-state index in [9.17, 15) is 9.59 Å². The maximum absolute atomic E-state index is 11.6. The van der Waals surface area contributed by atoms with Gasteiger partial charge in [0.2, 0.25) is 5.91 Å². The van der Waals surface area contributed by atoms with Crippen molar-refractivity contribution in [3.05, 3.63) is 0 Å². The van der Waals surface area contributed by atoms with Gasteiger partial charge in [0.1, 0.15) is 0 Å². The number of nitrogens with one attached hydrogen (secondary N) is 2. The summed E-state index contributed by atoms with van der Waals surface area (Å²) >= 11 is 0. The standard InChI is InChI=1S/C12H24N4O2/c1-12(2,3)15-11(18)14-10(17)8-16-6-4-9(13)5-7-16/h9H,4-8,13H2,1-3H3,(H2,14,15,17,18). The number of hydrogen-bond acceptors (Lipinski definition) is 4.